The number of nitrogens with one attached hydrogen (secondary N) is 1. The summed E-state index contributed by atoms with van der Waals surface area (Å²) in [4.78, 5) is 16.9. The number of piperazine rings is 1. The summed E-state index contributed by atoms with van der Waals surface area (Å²) in [6, 6.07) is 0.974. The lowest BCUT2D eigenvalue weighted by Crippen LogP contribution is -2.57. The summed E-state index contributed by atoms with van der Waals surface area (Å²) in [7, 11) is 1.97. The molecule has 1 amide bonds. The molecule has 19 heavy (non-hydrogen) atoms. The molecule has 0 bridgehead atoms. The number of hydrogen-bond acceptors (Lipinski definition) is 3. The Hall–Kier alpha value is -0.610. The van der Waals surface area contributed by atoms with E-state index in [4.69, 9.17) is 0 Å². The van der Waals surface area contributed by atoms with Crippen LogP contribution in [0.4, 0.5) is 0 Å². The van der Waals surface area contributed by atoms with Crippen molar-refractivity contribution in [3.8, 4) is 0 Å². The van der Waals surface area contributed by atoms with E-state index >= 15 is 0 Å². The van der Waals surface area contributed by atoms with Gasteiger partial charge in [0.05, 0.1) is 6.54 Å². The minimum atomic E-state index is 0.348. The molecule has 1 saturated heterocycles. The maximum Gasteiger partial charge on any atom is 0.237 e. The molecule has 0 spiro atoms. The molecule has 4 nitrogen and oxygen atoms in total. The van der Waals surface area contributed by atoms with E-state index < -0.39 is 0 Å². The van der Waals surface area contributed by atoms with Crippen molar-refractivity contribution in [3.05, 3.63) is 0 Å². The number of rotatable bonds is 4. The van der Waals surface area contributed by atoms with Crippen molar-refractivity contribution in [2.45, 2.75) is 57.5 Å². The van der Waals surface area contributed by atoms with Gasteiger partial charge in [0.15, 0.2) is 0 Å². The number of hydrogen-bond donors (Lipinski definition) is 1. The predicted octanol–water partition coefficient (Wildman–Crippen LogP) is 1.46. The third-order valence-electron chi connectivity index (χ3n) is 4.68. The Labute approximate surface area is 117 Å². The van der Waals surface area contributed by atoms with E-state index in [1.165, 1.54) is 38.5 Å². The molecular formula is C15H29N3O. The van der Waals surface area contributed by atoms with Crippen LogP contribution < -0.4 is 5.32 Å². The average molecular weight is 267 g/mol. The van der Waals surface area contributed by atoms with Crippen molar-refractivity contribution >= 4 is 5.91 Å². The molecule has 2 fully saturated rings. The van der Waals surface area contributed by atoms with E-state index in [9.17, 15) is 4.79 Å². The highest BCUT2D eigenvalue weighted by Gasteiger charge is 2.31. The lowest BCUT2D eigenvalue weighted by atomic mass is 10.1. The summed E-state index contributed by atoms with van der Waals surface area (Å²) in [5, 5.41) is 3.20. The molecule has 1 aliphatic heterocycles. The van der Waals surface area contributed by atoms with Gasteiger partial charge in [-0.15, -0.1) is 0 Å². The lowest BCUT2D eigenvalue weighted by Gasteiger charge is -2.41. The third-order valence-corrected chi connectivity index (χ3v) is 4.68. The zero-order chi connectivity index (χ0) is 13.7. The molecule has 0 aromatic rings. The monoisotopic (exact) mass is 267 g/mol. The van der Waals surface area contributed by atoms with Crippen LogP contribution in [-0.2, 0) is 4.79 Å². The summed E-state index contributed by atoms with van der Waals surface area (Å²) in [6.45, 7) is 5.73. The number of nitrogens with zero attached hydrogens (tertiary/aromatic N) is 2. The van der Waals surface area contributed by atoms with Crippen molar-refractivity contribution in [2.75, 3.05) is 33.2 Å². The van der Waals surface area contributed by atoms with Gasteiger partial charge in [-0.2, -0.15) is 0 Å². The van der Waals surface area contributed by atoms with Crippen molar-refractivity contribution in [3.63, 3.8) is 0 Å². The molecule has 1 N–H and O–H groups in total. The van der Waals surface area contributed by atoms with Gasteiger partial charge < -0.3 is 10.2 Å². The molecule has 1 unspecified atom stereocenters. The summed E-state index contributed by atoms with van der Waals surface area (Å²) in [6.07, 6.45) is 7.74. The summed E-state index contributed by atoms with van der Waals surface area (Å²) >= 11 is 0. The van der Waals surface area contributed by atoms with Crippen molar-refractivity contribution in [1.82, 2.24) is 15.1 Å². The Morgan fingerprint density at radius 2 is 1.89 bits per heavy atom. The molecule has 0 aromatic carbocycles. The zero-order valence-electron chi connectivity index (χ0n) is 12.5. The fourth-order valence-electron chi connectivity index (χ4n) is 3.46. The fourth-order valence-corrected chi connectivity index (χ4v) is 3.46. The minimum absolute atomic E-state index is 0.348. The van der Waals surface area contributed by atoms with Crippen LogP contribution in [0.25, 0.3) is 0 Å². The van der Waals surface area contributed by atoms with Gasteiger partial charge in [-0.1, -0.05) is 25.7 Å². The minimum Gasteiger partial charge on any atom is -0.337 e. The molecule has 0 radical (unpaired) electrons. The largest absolute Gasteiger partial charge is 0.337 e. The van der Waals surface area contributed by atoms with E-state index in [0.29, 0.717) is 24.5 Å². The van der Waals surface area contributed by atoms with E-state index in [1.807, 2.05) is 7.05 Å². The molecule has 1 atom stereocenters. The zero-order valence-corrected chi connectivity index (χ0v) is 12.5. The topological polar surface area (TPSA) is 35.6 Å². The predicted molar refractivity (Wildman–Crippen MR) is 78.2 cm³/mol. The van der Waals surface area contributed by atoms with Crippen molar-refractivity contribution in [1.29, 1.82) is 0 Å². The highest BCUT2D eigenvalue weighted by atomic mass is 16.2. The van der Waals surface area contributed by atoms with E-state index in [0.717, 1.165) is 19.6 Å². The van der Waals surface area contributed by atoms with E-state index in [2.05, 4.69) is 22.0 Å². The lowest BCUT2D eigenvalue weighted by molar-refractivity contribution is -0.139. The second-order valence-electron chi connectivity index (χ2n) is 6.11. The number of carbonyl (C=O) groups excluding carboxylic acids is 1. The van der Waals surface area contributed by atoms with Gasteiger partial charge in [0.2, 0.25) is 5.91 Å². The normalized spacial score (nSPS) is 25.4. The van der Waals surface area contributed by atoms with Crippen LogP contribution in [0, 0.1) is 0 Å². The SMILES string of the molecule is CNCC(C)N1CCN(C2CCCCCC2)C(=O)C1. The van der Waals surface area contributed by atoms with Crippen LogP contribution >= 0.6 is 0 Å². The molecule has 2 rings (SSSR count). The smallest absolute Gasteiger partial charge is 0.237 e. The molecule has 110 valence electrons. The first-order valence-corrected chi connectivity index (χ1v) is 7.90. The first-order valence-electron chi connectivity index (χ1n) is 7.90. The number of likely N-dealkylation sites (N-methyl/N-ethyl adjacent to an activating group) is 1. The maximum absolute atomic E-state index is 12.4. The Balaban J connectivity index is 1.87. The molecule has 0 aromatic heterocycles. The second kappa shape index (κ2) is 7.25. The van der Waals surface area contributed by atoms with E-state index in [1.54, 1.807) is 0 Å². The molecule has 1 saturated carbocycles. The third kappa shape index (κ3) is 3.93. The molecule has 2 aliphatic rings. The van der Waals surface area contributed by atoms with Gasteiger partial charge in [0.25, 0.3) is 0 Å². The van der Waals surface area contributed by atoms with Gasteiger partial charge in [-0.25, -0.2) is 0 Å². The van der Waals surface area contributed by atoms with Crippen molar-refractivity contribution in [2.24, 2.45) is 0 Å². The van der Waals surface area contributed by atoms with Gasteiger partial charge in [0.1, 0.15) is 0 Å². The highest BCUT2D eigenvalue weighted by Crippen LogP contribution is 2.23. The number of amides is 1. The van der Waals surface area contributed by atoms with E-state index in [-0.39, 0.29) is 0 Å². The summed E-state index contributed by atoms with van der Waals surface area (Å²) in [5.41, 5.74) is 0. The maximum atomic E-state index is 12.4. The number of carbonyl (C=O) groups is 1. The molecule has 1 heterocycles. The Morgan fingerprint density at radius 1 is 1.21 bits per heavy atom. The van der Waals surface area contributed by atoms with Crippen LogP contribution in [0.2, 0.25) is 0 Å². The molecule has 1 aliphatic carbocycles. The molecular weight excluding hydrogens is 238 g/mol. The standard InChI is InChI=1S/C15H29N3O/c1-13(11-16-2)17-9-10-18(15(19)12-17)14-7-5-3-4-6-8-14/h13-14,16H,3-12H2,1-2H3. The first kappa shape index (κ1) is 14.8. The Kier molecular flexibility index (Phi) is 5.64. The van der Waals surface area contributed by atoms with Gasteiger partial charge in [0, 0.05) is 31.7 Å². The van der Waals surface area contributed by atoms with Gasteiger partial charge >= 0.3 is 0 Å². The quantitative estimate of drug-likeness (QED) is 0.783. The highest BCUT2D eigenvalue weighted by molar-refractivity contribution is 5.79. The first-order chi connectivity index (χ1) is 9.22. The van der Waals surface area contributed by atoms with Crippen LogP contribution in [-0.4, -0.2) is 61.0 Å². The molecule has 4 heteroatoms. The van der Waals surface area contributed by atoms with Crippen LogP contribution in [0.3, 0.4) is 0 Å². The average Bonchev–Trinajstić information content (AvgIpc) is 2.67. The van der Waals surface area contributed by atoms with Crippen molar-refractivity contribution < 1.29 is 4.79 Å². The van der Waals surface area contributed by atoms with Gasteiger partial charge in [-0.3, -0.25) is 9.69 Å². The Bertz CT molecular complexity index is 287. The second-order valence-corrected chi connectivity index (χ2v) is 6.11. The van der Waals surface area contributed by atoms with Crippen LogP contribution in [0.1, 0.15) is 45.4 Å². The van der Waals surface area contributed by atoms with Crippen LogP contribution in [0.5, 0.6) is 0 Å². The summed E-state index contributed by atoms with van der Waals surface area (Å²) < 4.78 is 0. The Morgan fingerprint density at radius 3 is 2.47 bits per heavy atom. The fraction of sp³-hybridized carbons (Fsp3) is 0.933. The summed E-state index contributed by atoms with van der Waals surface area (Å²) in [5.74, 6) is 0.348. The van der Waals surface area contributed by atoms with Gasteiger partial charge in [-0.05, 0) is 26.8 Å². The van der Waals surface area contributed by atoms with Crippen LogP contribution in [0.15, 0.2) is 0 Å².